The predicted molar refractivity (Wildman–Crippen MR) is 161 cm³/mol. The fraction of sp³-hybridized carbons (Fsp3) is 0.355. The van der Waals surface area contributed by atoms with Crippen LogP contribution in [0.15, 0.2) is 77.7 Å². The highest BCUT2D eigenvalue weighted by Crippen LogP contribution is 2.34. The van der Waals surface area contributed by atoms with Gasteiger partial charge < -0.3 is 15.0 Å². The molecule has 0 heterocycles. The summed E-state index contributed by atoms with van der Waals surface area (Å²) < 4.78 is 34.6. The number of carbonyl (C=O) groups is 2. The Hall–Kier alpha value is -3.56. The molecule has 8 nitrogen and oxygen atoms in total. The monoisotopic (exact) mass is 597 g/mol. The Morgan fingerprint density at radius 1 is 1.02 bits per heavy atom. The van der Waals surface area contributed by atoms with Gasteiger partial charge in [0.2, 0.25) is 11.8 Å². The van der Waals surface area contributed by atoms with Crippen LogP contribution in [-0.2, 0) is 26.2 Å². The van der Waals surface area contributed by atoms with E-state index in [2.05, 4.69) is 5.32 Å². The van der Waals surface area contributed by atoms with Gasteiger partial charge in [0.1, 0.15) is 18.3 Å². The van der Waals surface area contributed by atoms with E-state index in [-0.39, 0.29) is 29.1 Å². The topological polar surface area (TPSA) is 96.0 Å². The van der Waals surface area contributed by atoms with Crippen molar-refractivity contribution in [3.63, 3.8) is 0 Å². The van der Waals surface area contributed by atoms with Crippen LogP contribution in [0.5, 0.6) is 5.75 Å². The molecule has 10 heteroatoms. The largest absolute Gasteiger partial charge is 0.495 e. The van der Waals surface area contributed by atoms with Crippen LogP contribution in [0.1, 0.15) is 43.7 Å². The van der Waals surface area contributed by atoms with Gasteiger partial charge >= 0.3 is 0 Å². The molecule has 1 aliphatic carbocycles. The summed E-state index contributed by atoms with van der Waals surface area (Å²) in [7, 11) is -2.75. The number of methoxy groups -OCH3 is 1. The number of anilines is 1. The van der Waals surface area contributed by atoms with Gasteiger partial charge in [-0.2, -0.15) is 0 Å². The van der Waals surface area contributed by atoms with Gasteiger partial charge in [-0.25, -0.2) is 8.42 Å². The minimum absolute atomic E-state index is 0.0287. The number of aryl methyl sites for hydroxylation is 1. The maximum atomic E-state index is 14.1. The van der Waals surface area contributed by atoms with E-state index in [0.717, 1.165) is 35.6 Å². The first kappa shape index (κ1) is 30.4. The van der Waals surface area contributed by atoms with E-state index < -0.39 is 28.5 Å². The zero-order valence-corrected chi connectivity index (χ0v) is 25.1. The van der Waals surface area contributed by atoms with Crippen LogP contribution in [0, 0.1) is 6.92 Å². The first-order valence-electron chi connectivity index (χ1n) is 13.7. The van der Waals surface area contributed by atoms with Crippen molar-refractivity contribution in [3.8, 4) is 5.75 Å². The third-order valence-electron chi connectivity index (χ3n) is 7.38. The molecule has 218 valence electrons. The zero-order chi connectivity index (χ0) is 29.6. The summed E-state index contributed by atoms with van der Waals surface area (Å²) >= 11 is 6.44. The molecule has 0 saturated heterocycles. The number of hydrogen-bond donors (Lipinski definition) is 1. The van der Waals surface area contributed by atoms with Crippen LogP contribution < -0.4 is 14.4 Å². The minimum Gasteiger partial charge on any atom is -0.495 e. The second-order valence-electron chi connectivity index (χ2n) is 10.3. The number of rotatable bonds is 11. The highest BCUT2D eigenvalue weighted by molar-refractivity contribution is 7.92. The average Bonchev–Trinajstić information content (AvgIpc) is 3.48. The number of hydrogen-bond acceptors (Lipinski definition) is 5. The van der Waals surface area contributed by atoms with Gasteiger partial charge in [0.05, 0.1) is 17.7 Å². The van der Waals surface area contributed by atoms with Crippen molar-refractivity contribution in [1.29, 1.82) is 0 Å². The Balaban J connectivity index is 1.74. The molecular formula is C31H36ClN3O5S. The Labute approximate surface area is 247 Å². The SMILES string of the molecule is COc1ccc(C)cc1N(CC(=O)N(Cc1ccccc1Cl)C(C)C(=O)NC1CCCC1)S(=O)(=O)c1ccccc1. The molecule has 2 amide bonds. The van der Waals surface area contributed by atoms with E-state index >= 15 is 0 Å². The molecule has 0 spiro atoms. The lowest BCUT2D eigenvalue weighted by Gasteiger charge is -2.33. The summed E-state index contributed by atoms with van der Waals surface area (Å²) in [5.74, 6) is -0.544. The molecule has 1 atom stereocenters. The van der Waals surface area contributed by atoms with E-state index in [4.69, 9.17) is 16.3 Å². The summed E-state index contributed by atoms with van der Waals surface area (Å²) in [5, 5.41) is 3.51. The van der Waals surface area contributed by atoms with E-state index in [0.29, 0.717) is 16.3 Å². The van der Waals surface area contributed by atoms with Crippen LogP contribution in [0.25, 0.3) is 0 Å². The quantitative estimate of drug-likeness (QED) is 0.322. The van der Waals surface area contributed by atoms with Crippen LogP contribution in [-0.4, -0.2) is 50.9 Å². The van der Waals surface area contributed by atoms with Gasteiger partial charge in [0, 0.05) is 17.6 Å². The minimum atomic E-state index is -4.20. The predicted octanol–water partition coefficient (Wildman–Crippen LogP) is 5.33. The smallest absolute Gasteiger partial charge is 0.264 e. The molecule has 1 saturated carbocycles. The number of nitrogens with one attached hydrogen (secondary N) is 1. The standard InChI is InChI=1S/C31H36ClN3O5S/c1-22-17-18-29(40-3)28(19-22)35(41(38,39)26-14-5-4-6-15-26)21-30(36)34(20-24-11-7-10-16-27(24)32)23(2)31(37)33-25-12-8-9-13-25/h4-7,10-11,14-19,23,25H,8-9,12-13,20-21H2,1-3H3,(H,33,37). The number of ether oxygens (including phenoxy) is 1. The van der Waals surface area contributed by atoms with Crippen molar-refractivity contribution < 1.29 is 22.7 Å². The molecule has 0 bridgehead atoms. The fourth-order valence-electron chi connectivity index (χ4n) is 5.01. The first-order chi connectivity index (χ1) is 19.6. The van der Waals surface area contributed by atoms with E-state index in [1.807, 2.05) is 6.92 Å². The van der Waals surface area contributed by atoms with Gasteiger partial charge in [-0.15, -0.1) is 0 Å². The lowest BCUT2D eigenvalue weighted by molar-refractivity contribution is -0.139. The highest BCUT2D eigenvalue weighted by Gasteiger charge is 2.34. The second kappa shape index (κ2) is 13.4. The number of sulfonamides is 1. The maximum Gasteiger partial charge on any atom is 0.264 e. The lowest BCUT2D eigenvalue weighted by Crippen LogP contribution is -2.52. The average molecular weight is 598 g/mol. The first-order valence-corrected chi connectivity index (χ1v) is 15.5. The molecule has 41 heavy (non-hydrogen) atoms. The van der Waals surface area contributed by atoms with Gasteiger partial charge in [-0.1, -0.05) is 66.9 Å². The molecular weight excluding hydrogens is 562 g/mol. The van der Waals surface area contributed by atoms with Crippen molar-refractivity contribution in [2.75, 3.05) is 18.0 Å². The van der Waals surface area contributed by atoms with E-state index in [9.17, 15) is 18.0 Å². The summed E-state index contributed by atoms with van der Waals surface area (Å²) in [6, 6.07) is 19.3. The van der Waals surface area contributed by atoms with E-state index in [1.165, 1.54) is 24.1 Å². The molecule has 3 aromatic rings. The fourth-order valence-corrected chi connectivity index (χ4v) is 6.65. The number of amides is 2. The molecule has 1 aliphatic rings. The molecule has 1 fully saturated rings. The normalized spacial score (nSPS) is 14.3. The summed E-state index contributed by atoms with van der Waals surface area (Å²) in [6.45, 7) is 2.96. The molecule has 4 rings (SSSR count). The van der Waals surface area contributed by atoms with Gasteiger partial charge in [-0.05, 0) is 68.1 Å². The molecule has 0 aromatic heterocycles. The van der Waals surface area contributed by atoms with Crippen LogP contribution in [0.2, 0.25) is 5.02 Å². The third kappa shape index (κ3) is 7.21. The van der Waals surface area contributed by atoms with Gasteiger partial charge in [0.15, 0.2) is 0 Å². The molecule has 1 unspecified atom stereocenters. The molecule has 3 aromatic carbocycles. The summed E-state index contributed by atoms with van der Waals surface area (Å²) in [5.41, 5.74) is 1.66. The van der Waals surface area contributed by atoms with Crippen molar-refractivity contribution >= 4 is 39.1 Å². The Kier molecular flexibility index (Phi) is 9.94. The zero-order valence-electron chi connectivity index (χ0n) is 23.5. The van der Waals surface area contributed by atoms with Gasteiger partial charge in [0.25, 0.3) is 10.0 Å². The maximum absolute atomic E-state index is 14.1. The van der Waals surface area contributed by atoms with Crippen molar-refractivity contribution in [2.24, 2.45) is 0 Å². The van der Waals surface area contributed by atoms with Crippen LogP contribution >= 0.6 is 11.6 Å². The van der Waals surface area contributed by atoms with Gasteiger partial charge in [-0.3, -0.25) is 13.9 Å². The summed E-state index contributed by atoms with van der Waals surface area (Å²) in [6.07, 6.45) is 3.89. The van der Waals surface area contributed by atoms with Crippen LogP contribution in [0.4, 0.5) is 5.69 Å². The summed E-state index contributed by atoms with van der Waals surface area (Å²) in [4.78, 5) is 28.9. The Morgan fingerprint density at radius 3 is 2.34 bits per heavy atom. The second-order valence-corrected chi connectivity index (χ2v) is 12.5. The number of nitrogens with zero attached hydrogens (tertiary/aromatic N) is 2. The van der Waals surface area contributed by atoms with Crippen LogP contribution in [0.3, 0.4) is 0 Å². The Morgan fingerprint density at radius 2 is 1.68 bits per heavy atom. The Bertz CT molecular complexity index is 1480. The number of benzene rings is 3. The third-order valence-corrected chi connectivity index (χ3v) is 9.52. The highest BCUT2D eigenvalue weighted by atomic mass is 35.5. The van der Waals surface area contributed by atoms with Crippen molar-refractivity contribution in [1.82, 2.24) is 10.2 Å². The van der Waals surface area contributed by atoms with Crippen molar-refractivity contribution in [2.45, 2.75) is 63.1 Å². The van der Waals surface area contributed by atoms with Crippen molar-refractivity contribution in [3.05, 3.63) is 88.9 Å². The lowest BCUT2D eigenvalue weighted by atomic mass is 10.1. The number of halogens is 1. The number of carbonyl (C=O) groups excluding carboxylic acids is 2. The molecule has 0 aliphatic heterocycles. The van der Waals surface area contributed by atoms with E-state index in [1.54, 1.807) is 67.6 Å². The molecule has 0 radical (unpaired) electrons. The molecule has 1 N–H and O–H groups in total.